The molecule has 8 heteroatoms. The van der Waals surface area contributed by atoms with E-state index < -0.39 is 0 Å². The Morgan fingerprint density at radius 1 is 1.29 bits per heavy atom. The lowest BCUT2D eigenvalue weighted by molar-refractivity contribution is -0.556. The van der Waals surface area contributed by atoms with Crippen LogP contribution in [0.5, 0.6) is 5.75 Å². The summed E-state index contributed by atoms with van der Waals surface area (Å²) in [5.74, 6) is 1.65. The number of methoxy groups -OCH3 is 1. The number of nitrogens with one attached hydrogen (secondary N) is 1. The summed E-state index contributed by atoms with van der Waals surface area (Å²) >= 11 is 0. The molecule has 4 rings (SSSR count). The molecule has 1 aromatic carbocycles. The summed E-state index contributed by atoms with van der Waals surface area (Å²) in [6, 6.07) is 8.00. The summed E-state index contributed by atoms with van der Waals surface area (Å²) < 4.78 is 12.1. The number of benzene rings is 1. The minimum Gasteiger partial charge on any atom is -0.497 e. The quantitative estimate of drug-likeness (QED) is 0.301. The van der Waals surface area contributed by atoms with Crippen molar-refractivity contribution in [1.82, 2.24) is 10.3 Å². The molecular weight excluding hydrogens is 432 g/mol. The van der Waals surface area contributed by atoms with Gasteiger partial charge in [-0.1, -0.05) is 5.73 Å². The van der Waals surface area contributed by atoms with Gasteiger partial charge in [-0.25, -0.2) is 4.98 Å². The Morgan fingerprint density at radius 3 is 2.91 bits per heavy atom. The second-order valence-electron chi connectivity index (χ2n) is 8.44. The largest absolute Gasteiger partial charge is 0.497 e. The Kier molecular flexibility index (Phi) is 7.78. The van der Waals surface area contributed by atoms with Crippen molar-refractivity contribution < 1.29 is 19.3 Å². The van der Waals surface area contributed by atoms with Crippen LogP contribution in [0, 0.1) is 10.8 Å². The minimum atomic E-state index is -0.118. The van der Waals surface area contributed by atoms with Crippen LogP contribution in [0.1, 0.15) is 12.1 Å². The van der Waals surface area contributed by atoms with Crippen LogP contribution in [0.2, 0.25) is 0 Å². The second-order valence-corrected chi connectivity index (χ2v) is 8.44. The number of hydrogen-bond acceptors (Lipinski definition) is 7. The number of fused-ring (bicyclic) bond motifs is 1. The highest BCUT2D eigenvalue weighted by molar-refractivity contribution is 5.95. The highest BCUT2D eigenvalue weighted by Crippen LogP contribution is 2.34. The van der Waals surface area contributed by atoms with Crippen LogP contribution in [0.15, 0.2) is 53.6 Å². The summed E-state index contributed by atoms with van der Waals surface area (Å²) in [4.78, 5) is 19.2. The first-order chi connectivity index (χ1) is 16.6. The first kappa shape index (κ1) is 23.7. The van der Waals surface area contributed by atoms with Crippen molar-refractivity contribution in [2.45, 2.75) is 6.42 Å². The number of ether oxygens (including phenoxy) is 2. The van der Waals surface area contributed by atoms with Gasteiger partial charge in [-0.05, 0) is 49.6 Å². The minimum absolute atomic E-state index is 0.118. The predicted molar refractivity (Wildman–Crippen MR) is 132 cm³/mol. The Bertz CT molecular complexity index is 1190. The van der Waals surface area contributed by atoms with E-state index >= 15 is 0 Å². The molecule has 8 nitrogen and oxygen atoms in total. The zero-order chi connectivity index (χ0) is 23.9. The maximum Gasteiger partial charge on any atom is 0.214 e. The number of pyridine rings is 1. The average Bonchev–Trinajstić information content (AvgIpc) is 3.31. The fraction of sp³-hybridized carbons (Fsp3) is 0.423. The number of anilines is 1. The van der Waals surface area contributed by atoms with Gasteiger partial charge in [-0.3, -0.25) is 0 Å². The molecule has 0 amide bonds. The lowest BCUT2D eigenvalue weighted by Gasteiger charge is -2.21. The van der Waals surface area contributed by atoms with Crippen molar-refractivity contribution in [2.75, 3.05) is 65.0 Å². The van der Waals surface area contributed by atoms with Gasteiger partial charge in [0.1, 0.15) is 19.0 Å². The summed E-state index contributed by atoms with van der Waals surface area (Å²) in [5, 5.41) is 13.1. The van der Waals surface area contributed by atoms with Crippen molar-refractivity contribution in [3.05, 3.63) is 64.2 Å². The molecule has 0 unspecified atom stereocenters. The number of nitrogens with zero attached hydrogens (tertiary/aromatic N) is 3. The maximum atomic E-state index is 12.0. The van der Waals surface area contributed by atoms with E-state index in [9.17, 15) is 4.91 Å². The molecule has 1 aliphatic heterocycles. The SMILES string of the molecule is CNCCOC1=C=C=C(c2cc(N3CC[C@H](C[N+](=O)CCO)C3)c3ccc(OC)cc3n2)C=C1. The molecule has 1 aliphatic carbocycles. The molecule has 2 heterocycles. The Hall–Kier alpha value is -3.41. The van der Waals surface area contributed by atoms with E-state index in [0.717, 1.165) is 64.4 Å². The summed E-state index contributed by atoms with van der Waals surface area (Å²) in [6.45, 7) is 3.42. The average molecular weight is 464 g/mol. The van der Waals surface area contributed by atoms with Gasteiger partial charge in [0, 0.05) is 52.4 Å². The number of aliphatic hydroxyl groups excluding tert-OH is 1. The Balaban J connectivity index is 1.67. The summed E-state index contributed by atoms with van der Waals surface area (Å²) in [6.07, 6.45) is 4.76. The molecule has 0 spiro atoms. The fourth-order valence-corrected chi connectivity index (χ4v) is 4.28. The molecule has 2 aliphatic rings. The highest BCUT2D eigenvalue weighted by Gasteiger charge is 2.29. The van der Waals surface area contributed by atoms with Gasteiger partial charge >= 0.3 is 0 Å². The van der Waals surface area contributed by atoms with Gasteiger partial charge < -0.3 is 24.8 Å². The molecular formula is C26H31N4O4+. The molecule has 2 aromatic rings. The third kappa shape index (κ3) is 5.56. The van der Waals surface area contributed by atoms with E-state index in [0.29, 0.717) is 18.9 Å². The maximum absolute atomic E-state index is 12.0. The van der Waals surface area contributed by atoms with Crippen molar-refractivity contribution >= 4 is 22.2 Å². The van der Waals surface area contributed by atoms with Crippen LogP contribution in [0.4, 0.5) is 5.69 Å². The highest BCUT2D eigenvalue weighted by atomic mass is 16.5. The van der Waals surface area contributed by atoms with E-state index in [1.165, 1.54) is 0 Å². The van der Waals surface area contributed by atoms with Crippen LogP contribution in [0.3, 0.4) is 0 Å². The van der Waals surface area contributed by atoms with Crippen LogP contribution in [-0.2, 0) is 4.74 Å². The van der Waals surface area contributed by atoms with E-state index in [4.69, 9.17) is 19.6 Å². The zero-order valence-electron chi connectivity index (χ0n) is 19.7. The third-order valence-electron chi connectivity index (χ3n) is 6.04. The fourth-order valence-electron chi connectivity index (χ4n) is 4.28. The van der Waals surface area contributed by atoms with Crippen LogP contribution in [0.25, 0.3) is 16.5 Å². The monoisotopic (exact) mass is 463 g/mol. The molecule has 1 saturated heterocycles. The molecule has 178 valence electrons. The number of allylic oxidation sites excluding steroid dienone is 3. The van der Waals surface area contributed by atoms with Crippen molar-refractivity contribution in [3.63, 3.8) is 0 Å². The number of hydrogen-bond donors (Lipinski definition) is 2. The van der Waals surface area contributed by atoms with Crippen molar-refractivity contribution in [1.29, 1.82) is 0 Å². The number of rotatable bonds is 11. The van der Waals surface area contributed by atoms with Gasteiger partial charge in [0.2, 0.25) is 6.54 Å². The molecule has 0 saturated carbocycles. The van der Waals surface area contributed by atoms with Gasteiger partial charge in [-0.15, -0.1) is 0 Å². The van der Waals surface area contributed by atoms with Gasteiger partial charge in [0.05, 0.1) is 23.9 Å². The first-order valence-corrected chi connectivity index (χ1v) is 11.6. The standard InChI is InChI=1S/C26H31N4O4/c1-27-10-14-34-21-5-3-20(4-6-21)24-16-26(23-8-7-22(33-2)15-25(23)28-24)29-11-9-19(17-29)18-30(32)12-13-31/h3,5,7-8,15-16,19,27,31H,9-14,17-18H2,1-2H3/q+1/t19-/m0/s1. The predicted octanol–water partition coefficient (Wildman–Crippen LogP) is 2.67. The van der Waals surface area contributed by atoms with E-state index in [-0.39, 0.29) is 19.1 Å². The first-order valence-electron chi connectivity index (χ1n) is 11.6. The van der Waals surface area contributed by atoms with Gasteiger partial charge in [0.15, 0.2) is 12.3 Å². The van der Waals surface area contributed by atoms with Gasteiger partial charge in [-0.2, -0.15) is 0 Å². The van der Waals surface area contributed by atoms with Crippen LogP contribution < -0.4 is 15.0 Å². The Labute approximate surface area is 199 Å². The number of aliphatic hydroxyl groups is 1. The van der Waals surface area contributed by atoms with E-state index in [1.807, 2.05) is 37.4 Å². The molecule has 0 bridgehead atoms. The molecule has 2 N–H and O–H groups in total. The molecule has 1 aromatic heterocycles. The third-order valence-corrected chi connectivity index (χ3v) is 6.04. The second kappa shape index (κ2) is 11.1. The lowest BCUT2D eigenvalue weighted by atomic mass is 10.1. The van der Waals surface area contributed by atoms with Crippen LogP contribution >= 0.6 is 0 Å². The molecule has 34 heavy (non-hydrogen) atoms. The zero-order valence-corrected chi connectivity index (χ0v) is 19.7. The topological polar surface area (TPSA) is 86.9 Å². The Morgan fingerprint density at radius 2 is 2.18 bits per heavy atom. The normalized spacial score (nSPS) is 17.1. The molecule has 1 atom stereocenters. The van der Waals surface area contributed by atoms with E-state index in [1.54, 1.807) is 7.11 Å². The van der Waals surface area contributed by atoms with Crippen LogP contribution in [-0.4, -0.2) is 74.9 Å². The lowest BCUT2D eigenvalue weighted by Crippen LogP contribution is -2.25. The number of aromatic nitrogens is 1. The molecule has 0 radical (unpaired) electrons. The smallest absolute Gasteiger partial charge is 0.214 e. The van der Waals surface area contributed by atoms with E-state index in [2.05, 4.69) is 27.7 Å². The van der Waals surface area contributed by atoms with Gasteiger partial charge in [0.25, 0.3) is 0 Å². The van der Waals surface area contributed by atoms with Crippen molar-refractivity contribution in [3.8, 4) is 5.75 Å². The number of likely N-dealkylation sites (N-methyl/N-ethyl adjacent to an activating group) is 1. The van der Waals surface area contributed by atoms with Crippen molar-refractivity contribution in [2.24, 2.45) is 5.92 Å². The number of nitroso groups, excluding NO2 is 1. The molecule has 1 fully saturated rings. The summed E-state index contributed by atoms with van der Waals surface area (Å²) in [7, 11) is 3.53. The summed E-state index contributed by atoms with van der Waals surface area (Å²) in [5.41, 5.74) is 9.80.